The molecule has 0 spiro atoms. The zero-order valence-electron chi connectivity index (χ0n) is 19.9. The lowest BCUT2D eigenvalue weighted by Crippen LogP contribution is -2.52. The fourth-order valence-corrected chi connectivity index (χ4v) is 4.56. The number of carbonyl (C=O) groups excluding carboxylic acids is 2. The van der Waals surface area contributed by atoms with Crippen LogP contribution < -0.4 is 4.90 Å². The summed E-state index contributed by atoms with van der Waals surface area (Å²) in [6, 6.07) is 9.66. The van der Waals surface area contributed by atoms with E-state index in [0.717, 1.165) is 0 Å². The summed E-state index contributed by atoms with van der Waals surface area (Å²) in [4.78, 5) is 44.9. The third-order valence-corrected chi connectivity index (χ3v) is 6.36. The van der Waals surface area contributed by atoms with Crippen LogP contribution in [0.2, 0.25) is 5.02 Å². The fraction of sp³-hybridized carbons (Fsp3) is 0.320. The van der Waals surface area contributed by atoms with Crippen LogP contribution in [0.3, 0.4) is 0 Å². The van der Waals surface area contributed by atoms with E-state index in [-0.39, 0.29) is 24.9 Å². The number of likely N-dealkylation sites (tertiary alicyclic amines) is 1. The van der Waals surface area contributed by atoms with Gasteiger partial charge in [-0.25, -0.2) is 14.6 Å². The van der Waals surface area contributed by atoms with Gasteiger partial charge in [0.2, 0.25) is 0 Å². The van der Waals surface area contributed by atoms with Crippen LogP contribution in [-0.2, 0) is 11.8 Å². The van der Waals surface area contributed by atoms with Crippen molar-refractivity contribution in [3.05, 3.63) is 65.1 Å². The Morgan fingerprint density at radius 3 is 2.64 bits per heavy atom. The number of amides is 2. The number of hydrogen-bond donors (Lipinski definition) is 1. The van der Waals surface area contributed by atoms with Gasteiger partial charge in [0.15, 0.2) is 11.5 Å². The molecule has 0 aliphatic carbocycles. The number of aryl methyl sites for hydroxylation is 1. The molecule has 4 rings (SSSR count). The number of halogens is 1. The second-order valence-electron chi connectivity index (χ2n) is 8.34. The van der Waals surface area contributed by atoms with Gasteiger partial charge in [0, 0.05) is 37.5 Å². The largest absolute Gasteiger partial charge is 0.465 e. The molecule has 188 valence electrons. The highest BCUT2D eigenvalue weighted by Crippen LogP contribution is 2.30. The predicted molar refractivity (Wildman–Crippen MR) is 133 cm³/mol. The van der Waals surface area contributed by atoms with Crippen molar-refractivity contribution in [2.45, 2.75) is 25.8 Å². The van der Waals surface area contributed by atoms with Crippen molar-refractivity contribution in [1.82, 2.24) is 19.7 Å². The molecule has 3 aromatic rings. The number of benzene rings is 1. The maximum atomic E-state index is 13.8. The van der Waals surface area contributed by atoms with E-state index in [1.807, 2.05) is 0 Å². The number of esters is 1. The van der Waals surface area contributed by atoms with Crippen molar-refractivity contribution < 1.29 is 24.2 Å². The van der Waals surface area contributed by atoms with Gasteiger partial charge in [-0.15, -0.1) is 0 Å². The fourth-order valence-electron chi connectivity index (χ4n) is 4.35. The zero-order valence-corrected chi connectivity index (χ0v) is 20.7. The summed E-state index contributed by atoms with van der Waals surface area (Å²) in [7, 11) is 1.66. The summed E-state index contributed by atoms with van der Waals surface area (Å²) < 4.78 is 6.60. The molecule has 1 aliphatic rings. The average Bonchev–Trinajstić information content (AvgIpc) is 3.27. The van der Waals surface area contributed by atoms with Gasteiger partial charge in [-0.2, -0.15) is 5.10 Å². The molecule has 1 fully saturated rings. The van der Waals surface area contributed by atoms with Crippen LogP contribution in [0.15, 0.2) is 48.8 Å². The number of nitrogens with zero attached hydrogens (tertiary/aromatic N) is 5. The van der Waals surface area contributed by atoms with Crippen molar-refractivity contribution in [1.29, 1.82) is 0 Å². The summed E-state index contributed by atoms with van der Waals surface area (Å²) in [6.45, 7) is 2.54. The molecule has 1 N–H and O–H groups in total. The number of ether oxygens (including phenoxy) is 1. The lowest BCUT2D eigenvalue weighted by atomic mass is 10.0. The first-order valence-corrected chi connectivity index (χ1v) is 11.9. The Morgan fingerprint density at radius 1 is 1.22 bits per heavy atom. The SMILES string of the molecule is CCOC(=O)c1c(-c2ccc(C(=O)N(c3ncccc3Cl)C3CCCN(C(=O)O)C3)cc2)cnn1C. The molecular formula is C25H26ClN5O5. The summed E-state index contributed by atoms with van der Waals surface area (Å²) in [6.07, 6.45) is 3.31. The molecule has 36 heavy (non-hydrogen) atoms. The van der Waals surface area contributed by atoms with Crippen LogP contribution in [0.25, 0.3) is 11.1 Å². The molecule has 1 aliphatic heterocycles. The van der Waals surface area contributed by atoms with Crippen LogP contribution in [0.4, 0.5) is 10.6 Å². The Hall–Kier alpha value is -3.92. The Bertz CT molecular complexity index is 1280. The minimum Gasteiger partial charge on any atom is -0.465 e. The first kappa shape index (κ1) is 25.2. The molecule has 2 aromatic heterocycles. The molecule has 0 bridgehead atoms. The minimum absolute atomic E-state index is 0.157. The highest BCUT2D eigenvalue weighted by Gasteiger charge is 2.34. The molecule has 1 aromatic carbocycles. The van der Waals surface area contributed by atoms with E-state index < -0.39 is 18.1 Å². The van der Waals surface area contributed by atoms with Gasteiger partial charge in [-0.1, -0.05) is 23.7 Å². The van der Waals surface area contributed by atoms with E-state index >= 15 is 0 Å². The average molecular weight is 512 g/mol. The number of hydrogen-bond acceptors (Lipinski definition) is 6. The van der Waals surface area contributed by atoms with Crippen LogP contribution in [0.5, 0.6) is 0 Å². The summed E-state index contributed by atoms with van der Waals surface area (Å²) in [5, 5.41) is 14.0. The number of carbonyl (C=O) groups is 3. The third-order valence-electron chi connectivity index (χ3n) is 6.07. The number of anilines is 1. The van der Waals surface area contributed by atoms with E-state index in [2.05, 4.69) is 10.1 Å². The highest BCUT2D eigenvalue weighted by atomic mass is 35.5. The maximum absolute atomic E-state index is 13.8. The lowest BCUT2D eigenvalue weighted by Gasteiger charge is -2.38. The molecule has 0 saturated carbocycles. The number of piperidine rings is 1. The van der Waals surface area contributed by atoms with Gasteiger partial charge in [-0.05, 0) is 49.6 Å². The topological polar surface area (TPSA) is 118 Å². The molecule has 3 heterocycles. The van der Waals surface area contributed by atoms with Crippen LogP contribution >= 0.6 is 11.6 Å². The molecule has 0 radical (unpaired) electrons. The molecule has 1 atom stereocenters. The standard InChI is InChI=1S/C25H26ClN5O5/c1-3-36-24(33)21-19(14-28-29(21)2)16-8-10-17(11-9-16)23(32)31(22-20(26)7-4-12-27-22)18-6-5-13-30(15-18)25(34)35/h4,7-12,14,18H,3,5-6,13,15H2,1-2H3,(H,34,35). The Kier molecular flexibility index (Phi) is 7.54. The monoisotopic (exact) mass is 511 g/mol. The quantitative estimate of drug-likeness (QED) is 0.495. The van der Waals surface area contributed by atoms with E-state index in [1.165, 1.54) is 14.5 Å². The zero-order chi connectivity index (χ0) is 25.8. The summed E-state index contributed by atoms with van der Waals surface area (Å²) >= 11 is 6.41. The van der Waals surface area contributed by atoms with Crippen molar-refractivity contribution in [2.75, 3.05) is 24.6 Å². The second-order valence-corrected chi connectivity index (χ2v) is 8.74. The normalized spacial score (nSPS) is 15.4. The Morgan fingerprint density at radius 2 is 1.97 bits per heavy atom. The van der Waals surface area contributed by atoms with Crippen molar-refractivity contribution >= 4 is 35.4 Å². The smallest absolute Gasteiger partial charge is 0.407 e. The maximum Gasteiger partial charge on any atom is 0.407 e. The van der Waals surface area contributed by atoms with Crippen LogP contribution in [0, 0.1) is 0 Å². The molecule has 10 nitrogen and oxygen atoms in total. The van der Waals surface area contributed by atoms with E-state index in [9.17, 15) is 19.5 Å². The lowest BCUT2D eigenvalue weighted by molar-refractivity contribution is 0.0514. The first-order valence-electron chi connectivity index (χ1n) is 11.5. The van der Waals surface area contributed by atoms with Crippen molar-refractivity contribution in [3.63, 3.8) is 0 Å². The molecule has 1 unspecified atom stereocenters. The van der Waals surface area contributed by atoms with Crippen molar-refractivity contribution in [2.24, 2.45) is 7.05 Å². The van der Waals surface area contributed by atoms with Crippen LogP contribution in [0.1, 0.15) is 40.6 Å². The molecule has 1 saturated heterocycles. The van der Waals surface area contributed by atoms with E-state index in [0.29, 0.717) is 46.8 Å². The Balaban J connectivity index is 1.67. The van der Waals surface area contributed by atoms with Gasteiger partial charge >= 0.3 is 12.1 Å². The third kappa shape index (κ3) is 5.03. The molecule has 11 heteroatoms. The molecular weight excluding hydrogens is 486 g/mol. The van der Waals surface area contributed by atoms with E-state index in [1.54, 1.807) is 62.8 Å². The van der Waals surface area contributed by atoms with Gasteiger partial charge in [-0.3, -0.25) is 14.4 Å². The Labute approximate surface area is 213 Å². The molecule has 2 amide bonds. The first-order chi connectivity index (χ1) is 17.3. The number of rotatable bonds is 6. The van der Waals surface area contributed by atoms with Gasteiger partial charge in [0.25, 0.3) is 5.91 Å². The van der Waals surface area contributed by atoms with E-state index in [4.69, 9.17) is 16.3 Å². The summed E-state index contributed by atoms with van der Waals surface area (Å²) in [5.41, 5.74) is 1.96. The predicted octanol–water partition coefficient (Wildman–Crippen LogP) is 4.10. The minimum atomic E-state index is -1.03. The van der Waals surface area contributed by atoms with Gasteiger partial charge in [0.05, 0.1) is 23.9 Å². The number of pyridine rings is 1. The number of aromatic nitrogens is 3. The number of carboxylic acid groups (broad SMARTS) is 1. The van der Waals surface area contributed by atoms with Gasteiger partial charge in [0.1, 0.15) is 0 Å². The van der Waals surface area contributed by atoms with Crippen LogP contribution in [-0.4, -0.2) is 68.5 Å². The second kappa shape index (κ2) is 10.8. The highest BCUT2D eigenvalue weighted by molar-refractivity contribution is 6.33. The summed E-state index contributed by atoms with van der Waals surface area (Å²) in [5.74, 6) is -0.553. The van der Waals surface area contributed by atoms with Gasteiger partial charge < -0.3 is 14.7 Å². The van der Waals surface area contributed by atoms with Crippen molar-refractivity contribution in [3.8, 4) is 11.1 Å².